The average Bonchev–Trinajstić information content (AvgIpc) is 3.42. The van der Waals surface area contributed by atoms with E-state index in [-0.39, 0.29) is 5.91 Å². The average molecular weight is 413 g/mol. The number of thiazole rings is 1. The van der Waals surface area contributed by atoms with Gasteiger partial charge in [-0.05, 0) is 17.0 Å². The fraction of sp³-hybridized carbons (Fsp3) is 0.333. The van der Waals surface area contributed by atoms with Gasteiger partial charge in [-0.25, -0.2) is 4.98 Å². The minimum Gasteiger partial charge on any atom is -0.350 e. The van der Waals surface area contributed by atoms with Gasteiger partial charge >= 0.3 is 0 Å². The highest BCUT2D eigenvalue weighted by Crippen LogP contribution is 2.28. The van der Waals surface area contributed by atoms with Crippen LogP contribution in [0.2, 0.25) is 0 Å². The van der Waals surface area contributed by atoms with Gasteiger partial charge in [0.25, 0.3) is 5.91 Å². The summed E-state index contributed by atoms with van der Waals surface area (Å²) >= 11 is 3.10. The van der Waals surface area contributed by atoms with Crippen molar-refractivity contribution in [3.05, 3.63) is 64.5 Å². The van der Waals surface area contributed by atoms with E-state index in [0.717, 1.165) is 49.2 Å². The maximum Gasteiger partial charge on any atom is 0.263 e. The smallest absolute Gasteiger partial charge is 0.263 e. The summed E-state index contributed by atoms with van der Waals surface area (Å²) in [6.07, 6.45) is 1.68. The SMILES string of the molecule is O=C(NCCN1CCN(Cc2ccccc2)CC1)c1cnc(-c2cccs2)s1. The third-order valence-corrected chi connectivity index (χ3v) is 6.92. The molecule has 146 valence electrons. The molecule has 3 aromatic rings. The zero-order valence-electron chi connectivity index (χ0n) is 15.7. The van der Waals surface area contributed by atoms with Crippen LogP contribution in [0.4, 0.5) is 0 Å². The summed E-state index contributed by atoms with van der Waals surface area (Å²) in [5.74, 6) is -0.0250. The van der Waals surface area contributed by atoms with Gasteiger partial charge in [-0.15, -0.1) is 22.7 Å². The van der Waals surface area contributed by atoms with Crippen LogP contribution in [-0.4, -0.2) is 60.0 Å². The van der Waals surface area contributed by atoms with E-state index < -0.39 is 0 Å². The third kappa shape index (κ3) is 5.05. The molecule has 4 rings (SSSR count). The molecule has 1 saturated heterocycles. The fourth-order valence-electron chi connectivity index (χ4n) is 3.32. The van der Waals surface area contributed by atoms with E-state index >= 15 is 0 Å². The number of hydrogen-bond acceptors (Lipinski definition) is 6. The Balaban J connectivity index is 1.17. The van der Waals surface area contributed by atoms with Gasteiger partial charge in [-0.1, -0.05) is 36.4 Å². The predicted octanol–water partition coefficient (Wildman–Crippen LogP) is 3.42. The maximum atomic E-state index is 12.4. The molecule has 0 bridgehead atoms. The van der Waals surface area contributed by atoms with Gasteiger partial charge in [0.2, 0.25) is 0 Å². The quantitative estimate of drug-likeness (QED) is 0.646. The monoisotopic (exact) mass is 412 g/mol. The van der Waals surface area contributed by atoms with E-state index in [1.165, 1.54) is 16.9 Å². The van der Waals surface area contributed by atoms with Crippen LogP contribution in [-0.2, 0) is 6.54 Å². The molecule has 0 saturated carbocycles. The van der Waals surface area contributed by atoms with E-state index in [1.54, 1.807) is 17.5 Å². The number of thiophene rings is 1. The molecule has 1 aromatic carbocycles. The van der Waals surface area contributed by atoms with Crippen LogP contribution in [0, 0.1) is 0 Å². The van der Waals surface area contributed by atoms with Crippen molar-refractivity contribution in [3.63, 3.8) is 0 Å². The molecule has 0 radical (unpaired) electrons. The molecule has 1 N–H and O–H groups in total. The normalized spacial score (nSPS) is 15.6. The number of benzene rings is 1. The third-order valence-electron chi connectivity index (χ3n) is 4.89. The van der Waals surface area contributed by atoms with Gasteiger partial charge in [-0.3, -0.25) is 14.6 Å². The first-order valence-corrected chi connectivity index (χ1v) is 11.2. The molecule has 1 aliphatic rings. The molecule has 28 heavy (non-hydrogen) atoms. The summed E-state index contributed by atoms with van der Waals surface area (Å²) in [5, 5.41) is 5.97. The van der Waals surface area contributed by atoms with Gasteiger partial charge in [0.15, 0.2) is 0 Å². The van der Waals surface area contributed by atoms with Crippen LogP contribution >= 0.6 is 22.7 Å². The highest BCUT2D eigenvalue weighted by atomic mass is 32.1. The van der Waals surface area contributed by atoms with Crippen molar-refractivity contribution in [2.75, 3.05) is 39.3 Å². The molecule has 2 aromatic heterocycles. The van der Waals surface area contributed by atoms with Crippen molar-refractivity contribution in [3.8, 4) is 9.88 Å². The summed E-state index contributed by atoms with van der Waals surface area (Å²) in [6.45, 7) is 6.82. The van der Waals surface area contributed by atoms with Crippen LogP contribution in [0.1, 0.15) is 15.2 Å². The summed E-state index contributed by atoms with van der Waals surface area (Å²) in [4.78, 5) is 23.4. The van der Waals surface area contributed by atoms with Crippen molar-refractivity contribution in [1.29, 1.82) is 0 Å². The number of hydrogen-bond donors (Lipinski definition) is 1. The molecule has 0 unspecified atom stereocenters. The van der Waals surface area contributed by atoms with Crippen molar-refractivity contribution in [2.24, 2.45) is 0 Å². The van der Waals surface area contributed by atoms with Crippen molar-refractivity contribution >= 4 is 28.6 Å². The molecule has 1 amide bonds. The molecule has 0 aliphatic carbocycles. The standard InChI is InChI=1S/C21H24N4OS2/c26-20(19-15-23-21(28-19)18-7-4-14-27-18)22-8-9-24-10-12-25(13-11-24)16-17-5-2-1-3-6-17/h1-7,14-15H,8-13,16H2,(H,22,26). The van der Waals surface area contributed by atoms with Gasteiger partial charge < -0.3 is 5.32 Å². The fourth-order valence-corrected chi connectivity index (χ4v) is 4.96. The molecule has 5 nitrogen and oxygen atoms in total. The Labute approximate surface area is 173 Å². The Kier molecular flexibility index (Phi) is 6.49. The lowest BCUT2D eigenvalue weighted by molar-refractivity contribution is 0.0938. The summed E-state index contributed by atoms with van der Waals surface area (Å²) < 4.78 is 0. The van der Waals surface area contributed by atoms with Crippen LogP contribution < -0.4 is 5.32 Å². The summed E-state index contributed by atoms with van der Waals surface area (Å²) in [7, 11) is 0. The summed E-state index contributed by atoms with van der Waals surface area (Å²) in [6, 6.07) is 14.7. The molecule has 7 heteroatoms. The van der Waals surface area contributed by atoms with Crippen LogP contribution in [0.25, 0.3) is 9.88 Å². The number of rotatable bonds is 7. The lowest BCUT2D eigenvalue weighted by Gasteiger charge is -2.34. The Hall–Kier alpha value is -2.06. The van der Waals surface area contributed by atoms with Crippen molar-refractivity contribution in [2.45, 2.75) is 6.54 Å². The largest absolute Gasteiger partial charge is 0.350 e. The number of nitrogens with zero attached hydrogens (tertiary/aromatic N) is 3. The topological polar surface area (TPSA) is 48.5 Å². The van der Waals surface area contributed by atoms with Gasteiger partial charge in [0.1, 0.15) is 9.88 Å². The first kappa shape index (κ1) is 19.3. The summed E-state index contributed by atoms with van der Waals surface area (Å²) in [5.41, 5.74) is 1.37. The number of carbonyl (C=O) groups is 1. The Bertz CT molecular complexity index is 871. The minimum absolute atomic E-state index is 0.0250. The van der Waals surface area contributed by atoms with Crippen LogP contribution in [0.3, 0.4) is 0 Å². The molecule has 0 spiro atoms. The molecule has 1 aliphatic heterocycles. The molecule has 1 fully saturated rings. The van der Waals surface area contributed by atoms with Gasteiger partial charge in [0.05, 0.1) is 11.1 Å². The van der Waals surface area contributed by atoms with Crippen LogP contribution in [0.5, 0.6) is 0 Å². The predicted molar refractivity (Wildman–Crippen MR) is 116 cm³/mol. The van der Waals surface area contributed by atoms with E-state index in [9.17, 15) is 4.79 Å². The highest BCUT2D eigenvalue weighted by molar-refractivity contribution is 7.21. The zero-order valence-corrected chi connectivity index (χ0v) is 17.3. The highest BCUT2D eigenvalue weighted by Gasteiger charge is 2.17. The zero-order chi connectivity index (χ0) is 19.2. The minimum atomic E-state index is -0.0250. The lowest BCUT2D eigenvalue weighted by Crippen LogP contribution is -2.48. The second-order valence-corrected chi connectivity index (χ2v) is 8.84. The number of amides is 1. The van der Waals surface area contributed by atoms with Gasteiger partial charge in [-0.2, -0.15) is 0 Å². The first-order valence-electron chi connectivity index (χ1n) is 9.54. The second-order valence-electron chi connectivity index (χ2n) is 6.87. The maximum absolute atomic E-state index is 12.4. The van der Waals surface area contributed by atoms with Crippen LogP contribution in [0.15, 0.2) is 54.0 Å². The number of carbonyl (C=O) groups excluding carboxylic acids is 1. The molecule has 0 atom stereocenters. The van der Waals surface area contributed by atoms with Crippen molar-refractivity contribution < 1.29 is 4.79 Å². The Morgan fingerprint density at radius 3 is 2.57 bits per heavy atom. The molecular weight excluding hydrogens is 388 g/mol. The first-order chi connectivity index (χ1) is 13.8. The van der Waals surface area contributed by atoms with E-state index in [4.69, 9.17) is 0 Å². The van der Waals surface area contributed by atoms with Gasteiger partial charge in [0, 0.05) is 45.8 Å². The van der Waals surface area contributed by atoms with Crippen molar-refractivity contribution in [1.82, 2.24) is 20.1 Å². The number of piperazine rings is 1. The van der Waals surface area contributed by atoms with E-state index in [0.29, 0.717) is 11.4 Å². The Morgan fingerprint density at radius 2 is 1.82 bits per heavy atom. The number of aromatic nitrogens is 1. The van der Waals surface area contributed by atoms with E-state index in [1.807, 2.05) is 17.5 Å². The second kappa shape index (κ2) is 9.43. The lowest BCUT2D eigenvalue weighted by atomic mass is 10.2. The number of nitrogens with one attached hydrogen (secondary N) is 1. The molecular formula is C21H24N4OS2. The van der Waals surface area contributed by atoms with E-state index in [2.05, 4.69) is 50.4 Å². The Morgan fingerprint density at radius 1 is 1.04 bits per heavy atom. The molecule has 3 heterocycles.